The number of likely N-dealkylation sites (tertiary alicyclic amines) is 1. The number of hydrogen-bond acceptors (Lipinski definition) is 11. The molecule has 15 heteroatoms. The van der Waals surface area contributed by atoms with Crippen LogP contribution in [0.1, 0.15) is 32.4 Å². The highest BCUT2D eigenvalue weighted by Crippen LogP contribution is 2.30. The van der Waals surface area contributed by atoms with Gasteiger partial charge in [0.2, 0.25) is 11.8 Å². The number of nitrogens with zero attached hydrogens (tertiary/aromatic N) is 8. The summed E-state index contributed by atoms with van der Waals surface area (Å²) in [6.07, 6.45) is 4.18. The van der Waals surface area contributed by atoms with Gasteiger partial charge in [0.15, 0.2) is 5.82 Å². The molecule has 14 nitrogen and oxygen atoms in total. The van der Waals surface area contributed by atoms with Crippen molar-refractivity contribution in [3.63, 3.8) is 0 Å². The number of aromatic amines is 1. The van der Waals surface area contributed by atoms with E-state index in [9.17, 15) is 14.9 Å². The van der Waals surface area contributed by atoms with E-state index in [1.54, 1.807) is 48.8 Å². The standard InChI is InChI=1S/C35H33N9O2.C7H6BNO2.2CH4/c36-21-24-3-1-4-26(19-24)33-30-20-28(7-10-31(30)40-41-33)39-35(46)27-11-14-42(22-27)23-32(45)44-17-15-43(16-18-44)29-8-5-25(6-9-29)34-37-12-2-13-38-34;9-5-6-2-1-3-7(4-6)8(10)11;;/h1-10,12-13,19-20,27H,11,14-18,22-23H2,(H,39,46)(H,40,41);1-4,10-11H;2*1H4/t27-;;;/m1.../s1. The number of H-pyrrole nitrogens is 1. The maximum atomic E-state index is 13.2. The van der Waals surface area contributed by atoms with Crippen molar-refractivity contribution in [1.82, 2.24) is 30.0 Å². The van der Waals surface area contributed by atoms with Crippen molar-refractivity contribution in [3.8, 4) is 34.8 Å². The van der Waals surface area contributed by atoms with E-state index in [0.717, 1.165) is 46.5 Å². The number of carbonyl (C=O) groups excluding carboxylic acids is 2. The smallest absolute Gasteiger partial charge is 0.423 e. The fourth-order valence-corrected chi connectivity index (χ4v) is 7.03. The Labute approximate surface area is 344 Å². The topological polar surface area (TPSA) is 198 Å². The number of carbonyl (C=O) groups is 2. The molecule has 4 N–H and O–H groups in total. The van der Waals surface area contributed by atoms with Crippen LogP contribution in [0.15, 0.2) is 109 Å². The Morgan fingerprint density at radius 3 is 2.20 bits per heavy atom. The number of anilines is 2. The van der Waals surface area contributed by atoms with E-state index in [4.69, 9.17) is 15.3 Å². The number of nitriles is 2. The lowest BCUT2D eigenvalue weighted by molar-refractivity contribution is -0.132. The summed E-state index contributed by atoms with van der Waals surface area (Å²) in [4.78, 5) is 41.3. The van der Waals surface area contributed by atoms with E-state index >= 15 is 0 Å². The van der Waals surface area contributed by atoms with Gasteiger partial charge in [-0.15, -0.1) is 0 Å². The number of rotatable bonds is 8. The second-order valence-electron chi connectivity index (χ2n) is 13.8. The first-order chi connectivity index (χ1) is 27.8. The maximum Gasteiger partial charge on any atom is 0.488 e. The Morgan fingerprint density at radius 1 is 0.814 bits per heavy atom. The number of amides is 2. The zero-order valence-corrected chi connectivity index (χ0v) is 31.0. The molecule has 8 rings (SSSR count). The lowest BCUT2D eigenvalue weighted by Gasteiger charge is -2.36. The predicted octanol–water partition coefficient (Wildman–Crippen LogP) is 4.68. The van der Waals surface area contributed by atoms with Crippen molar-refractivity contribution >= 4 is 46.7 Å². The number of piperazine rings is 1. The predicted molar refractivity (Wildman–Crippen MR) is 230 cm³/mol. The summed E-state index contributed by atoms with van der Waals surface area (Å²) in [6.45, 7) is 4.45. The van der Waals surface area contributed by atoms with Crippen LogP contribution in [0.5, 0.6) is 0 Å². The van der Waals surface area contributed by atoms with Crippen molar-refractivity contribution in [3.05, 3.63) is 121 Å². The fraction of sp³-hybridized carbons (Fsp3) is 0.250. The van der Waals surface area contributed by atoms with Crippen LogP contribution in [0.2, 0.25) is 0 Å². The first-order valence-corrected chi connectivity index (χ1v) is 18.6. The molecule has 0 unspecified atom stereocenters. The van der Waals surface area contributed by atoms with Crippen molar-refractivity contribution in [2.75, 3.05) is 56.0 Å². The zero-order chi connectivity index (χ0) is 39.7. The minimum atomic E-state index is -1.50. The van der Waals surface area contributed by atoms with E-state index in [0.29, 0.717) is 67.2 Å². The summed E-state index contributed by atoms with van der Waals surface area (Å²) < 4.78 is 0. The van der Waals surface area contributed by atoms with E-state index in [-0.39, 0.29) is 32.6 Å². The summed E-state index contributed by atoms with van der Waals surface area (Å²) >= 11 is 0. The van der Waals surface area contributed by atoms with Crippen LogP contribution in [0.3, 0.4) is 0 Å². The average Bonchev–Trinajstić information content (AvgIpc) is 3.92. The molecule has 1 atom stereocenters. The molecular weight excluding hydrogens is 743 g/mol. The second-order valence-corrected chi connectivity index (χ2v) is 13.8. The van der Waals surface area contributed by atoms with Gasteiger partial charge in [-0.25, -0.2) is 9.97 Å². The van der Waals surface area contributed by atoms with Crippen molar-refractivity contribution < 1.29 is 19.6 Å². The number of fused-ring (bicyclic) bond motifs is 1. The Balaban J connectivity index is 0.000000444. The zero-order valence-electron chi connectivity index (χ0n) is 31.0. The molecule has 4 heterocycles. The van der Waals surface area contributed by atoms with Gasteiger partial charge in [-0.3, -0.25) is 19.6 Å². The molecule has 0 spiro atoms. The lowest BCUT2D eigenvalue weighted by Crippen LogP contribution is -2.51. The second kappa shape index (κ2) is 20.0. The van der Waals surface area contributed by atoms with Crippen LogP contribution in [0, 0.1) is 28.6 Å². The molecule has 2 fully saturated rings. The Morgan fingerprint density at radius 2 is 1.51 bits per heavy atom. The molecule has 300 valence electrons. The van der Waals surface area contributed by atoms with Crippen LogP contribution < -0.4 is 15.7 Å². The van der Waals surface area contributed by atoms with Gasteiger partial charge in [-0.2, -0.15) is 15.6 Å². The highest BCUT2D eigenvalue weighted by Gasteiger charge is 2.31. The van der Waals surface area contributed by atoms with Crippen LogP contribution in [0.4, 0.5) is 11.4 Å². The van der Waals surface area contributed by atoms with Gasteiger partial charge in [-0.05, 0) is 91.2 Å². The Kier molecular flexibility index (Phi) is 14.6. The number of aromatic nitrogens is 4. The minimum Gasteiger partial charge on any atom is -0.423 e. The average molecular weight is 791 g/mol. The van der Waals surface area contributed by atoms with Crippen LogP contribution in [-0.4, -0.2) is 105 Å². The Hall–Kier alpha value is -6.91. The van der Waals surface area contributed by atoms with Gasteiger partial charge in [-0.1, -0.05) is 39.1 Å². The fourth-order valence-electron chi connectivity index (χ4n) is 7.03. The van der Waals surface area contributed by atoms with E-state index in [1.165, 1.54) is 6.07 Å². The number of benzene rings is 4. The molecule has 0 radical (unpaired) electrons. The third kappa shape index (κ3) is 10.5. The van der Waals surface area contributed by atoms with Gasteiger partial charge in [0, 0.05) is 73.0 Å². The summed E-state index contributed by atoms with van der Waals surface area (Å²) in [7, 11) is -1.50. The molecule has 2 amide bonds. The molecule has 0 bridgehead atoms. The van der Waals surface area contributed by atoms with E-state index in [1.807, 2.05) is 53.4 Å². The molecule has 0 saturated carbocycles. The molecule has 2 aromatic heterocycles. The summed E-state index contributed by atoms with van der Waals surface area (Å²) in [5.41, 5.74) is 6.51. The van der Waals surface area contributed by atoms with E-state index in [2.05, 4.69) is 53.5 Å². The van der Waals surface area contributed by atoms with Crippen molar-refractivity contribution in [2.45, 2.75) is 21.3 Å². The molecule has 2 aliphatic rings. The van der Waals surface area contributed by atoms with Crippen LogP contribution in [0.25, 0.3) is 33.5 Å². The quantitative estimate of drug-likeness (QED) is 0.156. The largest absolute Gasteiger partial charge is 0.488 e. The maximum absolute atomic E-state index is 13.2. The SMILES string of the molecule is C.C.N#Cc1cccc(-c2n[nH]c3ccc(NC(=O)[C@@H]4CCN(CC(=O)N5CCN(c6ccc(-c7ncccn7)cc6)CC5)C4)cc23)c1.N#Cc1cccc(B(O)O)c1. The molecule has 2 saturated heterocycles. The molecule has 2 aliphatic heterocycles. The lowest BCUT2D eigenvalue weighted by atomic mass is 9.80. The third-order valence-corrected chi connectivity index (χ3v) is 10.1. The van der Waals surface area contributed by atoms with Gasteiger partial charge in [0.1, 0.15) is 5.69 Å². The van der Waals surface area contributed by atoms with Crippen molar-refractivity contribution in [2.24, 2.45) is 5.92 Å². The normalized spacial score (nSPS) is 14.7. The first-order valence-electron chi connectivity index (χ1n) is 18.6. The third-order valence-electron chi connectivity index (χ3n) is 10.1. The van der Waals surface area contributed by atoms with Gasteiger partial charge in [0.05, 0.1) is 41.2 Å². The highest BCUT2D eigenvalue weighted by atomic mass is 16.4. The number of nitrogens with one attached hydrogen (secondary N) is 2. The molecule has 59 heavy (non-hydrogen) atoms. The molecular formula is C44H47BN10O4. The molecule has 4 aromatic carbocycles. The highest BCUT2D eigenvalue weighted by molar-refractivity contribution is 6.58. The van der Waals surface area contributed by atoms with Gasteiger partial charge >= 0.3 is 7.12 Å². The Bertz CT molecular complexity index is 2440. The van der Waals surface area contributed by atoms with Gasteiger partial charge in [0.25, 0.3) is 0 Å². The minimum absolute atomic E-state index is 0. The molecule has 0 aliphatic carbocycles. The number of hydrogen-bond donors (Lipinski definition) is 4. The summed E-state index contributed by atoms with van der Waals surface area (Å²) in [6, 6.07) is 33.3. The summed E-state index contributed by atoms with van der Waals surface area (Å²) in [5, 5.41) is 46.5. The molecule has 6 aromatic rings. The van der Waals surface area contributed by atoms with Gasteiger partial charge < -0.3 is 25.2 Å². The van der Waals surface area contributed by atoms with Crippen molar-refractivity contribution in [1.29, 1.82) is 10.5 Å². The first kappa shape index (κ1) is 43.2. The summed E-state index contributed by atoms with van der Waals surface area (Å²) in [5.74, 6) is 0.566. The van der Waals surface area contributed by atoms with E-state index < -0.39 is 7.12 Å². The monoisotopic (exact) mass is 790 g/mol. The van der Waals surface area contributed by atoms with Crippen LogP contribution >= 0.6 is 0 Å². The van der Waals surface area contributed by atoms with Crippen LogP contribution in [-0.2, 0) is 9.59 Å².